The van der Waals surface area contributed by atoms with E-state index < -0.39 is 0 Å². The normalized spacial score (nSPS) is 18.3. The number of nitrogens with two attached hydrogens (primary N) is 1. The van der Waals surface area contributed by atoms with Crippen LogP contribution in [-0.4, -0.2) is 23.1 Å². The number of nitrogen functional groups attached to an aromatic ring is 1. The summed E-state index contributed by atoms with van der Waals surface area (Å²) in [5.74, 6) is 2.16. The molecule has 1 unspecified atom stereocenters. The molecule has 1 aliphatic heterocycles. The standard InChI is InChI=1S/C16H20BrN5/c1-11-4-3-7-22(9-11)16-14(18)15(19-10-20-16)21-13-6-2-5-12(17)8-13/h2,5-6,8,10-11H,3-4,7,9,18H2,1H3,(H,19,20,21). The van der Waals surface area contributed by atoms with Crippen LogP contribution >= 0.6 is 15.9 Å². The van der Waals surface area contributed by atoms with Crippen LogP contribution in [0.15, 0.2) is 35.1 Å². The molecule has 0 aliphatic carbocycles. The summed E-state index contributed by atoms with van der Waals surface area (Å²) in [6.07, 6.45) is 4.02. The smallest absolute Gasteiger partial charge is 0.159 e. The summed E-state index contributed by atoms with van der Waals surface area (Å²) >= 11 is 3.47. The van der Waals surface area contributed by atoms with Crippen molar-refractivity contribution >= 4 is 38.9 Å². The summed E-state index contributed by atoms with van der Waals surface area (Å²) in [6.45, 7) is 4.27. The number of aromatic nitrogens is 2. The maximum absolute atomic E-state index is 6.30. The van der Waals surface area contributed by atoms with Crippen molar-refractivity contribution in [2.24, 2.45) is 5.92 Å². The lowest BCUT2D eigenvalue weighted by Gasteiger charge is -2.32. The minimum atomic E-state index is 0.608. The second-order valence-corrected chi connectivity index (χ2v) is 6.70. The van der Waals surface area contributed by atoms with Gasteiger partial charge in [0, 0.05) is 23.2 Å². The molecule has 0 saturated carbocycles. The molecule has 1 aromatic heterocycles. The highest BCUT2D eigenvalue weighted by Gasteiger charge is 2.21. The lowest BCUT2D eigenvalue weighted by molar-refractivity contribution is 0.445. The van der Waals surface area contributed by atoms with Gasteiger partial charge in [0.1, 0.15) is 12.0 Å². The molecule has 0 amide bonds. The number of piperidine rings is 1. The molecule has 1 fully saturated rings. The Morgan fingerprint density at radius 1 is 1.36 bits per heavy atom. The van der Waals surface area contributed by atoms with E-state index in [2.05, 4.69) is 43.0 Å². The van der Waals surface area contributed by atoms with E-state index in [1.165, 1.54) is 12.8 Å². The predicted octanol–water partition coefficient (Wildman–Crippen LogP) is 3.80. The number of hydrogen-bond donors (Lipinski definition) is 2. The minimum Gasteiger partial charge on any atom is -0.393 e. The van der Waals surface area contributed by atoms with Crippen LogP contribution in [0.25, 0.3) is 0 Å². The maximum Gasteiger partial charge on any atom is 0.159 e. The van der Waals surface area contributed by atoms with Crippen molar-refractivity contribution in [3.63, 3.8) is 0 Å². The number of nitrogens with one attached hydrogen (secondary N) is 1. The van der Waals surface area contributed by atoms with Crippen LogP contribution in [0.2, 0.25) is 0 Å². The van der Waals surface area contributed by atoms with Gasteiger partial charge in [0.05, 0.1) is 0 Å². The zero-order valence-corrected chi connectivity index (χ0v) is 14.2. The average molecular weight is 362 g/mol. The van der Waals surface area contributed by atoms with Crippen LogP contribution in [-0.2, 0) is 0 Å². The Morgan fingerprint density at radius 2 is 2.23 bits per heavy atom. The van der Waals surface area contributed by atoms with Gasteiger partial charge >= 0.3 is 0 Å². The van der Waals surface area contributed by atoms with Gasteiger partial charge in [0.2, 0.25) is 0 Å². The van der Waals surface area contributed by atoms with Crippen molar-refractivity contribution in [2.75, 3.05) is 29.0 Å². The van der Waals surface area contributed by atoms with Gasteiger partial charge in [-0.05, 0) is 37.0 Å². The van der Waals surface area contributed by atoms with E-state index in [9.17, 15) is 0 Å². The van der Waals surface area contributed by atoms with Gasteiger partial charge in [-0.1, -0.05) is 28.9 Å². The van der Waals surface area contributed by atoms with Crippen molar-refractivity contribution in [2.45, 2.75) is 19.8 Å². The molecule has 3 rings (SSSR count). The molecule has 2 heterocycles. The van der Waals surface area contributed by atoms with Crippen LogP contribution in [0.1, 0.15) is 19.8 Å². The van der Waals surface area contributed by atoms with Crippen molar-refractivity contribution in [3.8, 4) is 0 Å². The first kappa shape index (κ1) is 15.1. The van der Waals surface area contributed by atoms with Gasteiger partial charge in [-0.25, -0.2) is 9.97 Å². The largest absolute Gasteiger partial charge is 0.393 e. The molecule has 3 N–H and O–H groups in total. The van der Waals surface area contributed by atoms with E-state index in [0.717, 1.165) is 29.1 Å². The van der Waals surface area contributed by atoms with E-state index >= 15 is 0 Å². The molecule has 22 heavy (non-hydrogen) atoms. The topological polar surface area (TPSA) is 67.1 Å². The van der Waals surface area contributed by atoms with Crippen LogP contribution in [0.5, 0.6) is 0 Å². The summed E-state index contributed by atoms with van der Waals surface area (Å²) in [7, 11) is 0. The Labute approximate surface area is 139 Å². The first-order valence-corrected chi connectivity index (χ1v) is 8.31. The van der Waals surface area contributed by atoms with Gasteiger partial charge in [-0.3, -0.25) is 0 Å². The Kier molecular flexibility index (Phi) is 4.47. The Bertz CT molecular complexity index is 661. The second kappa shape index (κ2) is 6.52. The van der Waals surface area contributed by atoms with Gasteiger partial charge in [-0.15, -0.1) is 0 Å². The number of rotatable bonds is 3. The highest BCUT2D eigenvalue weighted by Crippen LogP contribution is 2.31. The van der Waals surface area contributed by atoms with Crippen LogP contribution in [0, 0.1) is 5.92 Å². The third-order valence-corrected chi connectivity index (χ3v) is 4.40. The molecule has 0 spiro atoms. The summed E-state index contributed by atoms with van der Waals surface area (Å²) in [5.41, 5.74) is 7.85. The first-order valence-electron chi connectivity index (χ1n) is 7.51. The number of nitrogens with zero attached hydrogens (tertiary/aromatic N) is 3. The van der Waals surface area contributed by atoms with Gasteiger partial charge < -0.3 is 16.0 Å². The van der Waals surface area contributed by atoms with E-state index in [4.69, 9.17) is 5.73 Å². The third-order valence-electron chi connectivity index (χ3n) is 3.91. The van der Waals surface area contributed by atoms with Crippen LogP contribution in [0.4, 0.5) is 23.0 Å². The predicted molar refractivity (Wildman–Crippen MR) is 94.5 cm³/mol. The molecular formula is C16H20BrN5. The maximum atomic E-state index is 6.30. The molecule has 1 saturated heterocycles. The molecule has 0 bridgehead atoms. The number of benzene rings is 1. The Hall–Kier alpha value is -1.82. The first-order chi connectivity index (χ1) is 10.6. The number of halogens is 1. The van der Waals surface area contributed by atoms with Crippen LogP contribution < -0.4 is 16.0 Å². The highest BCUT2D eigenvalue weighted by molar-refractivity contribution is 9.10. The lowest BCUT2D eigenvalue weighted by atomic mass is 10.0. The fourth-order valence-electron chi connectivity index (χ4n) is 2.82. The van der Waals surface area contributed by atoms with Crippen molar-refractivity contribution in [3.05, 3.63) is 35.1 Å². The van der Waals surface area contributed by atoms with Gasteiger partial charge in [-0.2, -0.15) is 0 Å². The van der Waals surface area contributed by atoms with E-state index in [-0.39, 0.29) is 0 Å². The summed E-state index contributed by atoms with van der Waals surface area (Å²) in [6, 6.07) is 7.92. The monoisotopic (exact) mass is 361 g/mol. The summed E-state index contributed by atoms with van der Waals surface area (Å²) in [4.78, 5) is 10.9. The lowest BCUT2D eigenvalue weighted by Crippen LogP contribution is -2.35. The quantitative estimate of drug-likeness (QED) is 0.869. The molecule has 2 aromatic rings. The van der Waals surface area contributed by atoms with Gasteiger partial charge in [0.25, 0.3) is 0 Å². The fraction of sp³-hybridized carbons (Fsp3) is 0.375. The fourth-order valence-corrected chi connectivity index (χ4v) is 3.22. The molecule has 116 valence electrons. The number of anilines is 4. The van der Waals surface area contributed by atoms with Crippen molar-refractivity contribution < 1.29 is 0 Å². The second-order valence-electron chi connectivity index (χ2n) is 5.79. The molecule has 1 atom stereocenters. The third kappa shape index (κ3) is 3.32. The van der Waals surface area contributed by atoms with Crippen LogP contribution in [0.3, 0.4) is 0 Å². The molecule has 5 nitrogen and oxygen atoms in total. The Balaban J connectivity index is 1.85. The van der Waals surface area contributed by atoms with Crippen molar-refractivity contribution in [1.29, 1.82) is 0 Å². The van der Waals surface area contributed by atoms with E-state index in [1.54, 1.807) is 6.33 Å². The molecular weight excluding hydrogens is 342 g/mol. The molecule has 1 aliphatic rings. The summed E-state index contributed by atoms with van der Waals surface area (Å²) < 4.78 is 1.01. The average Bonchev–Trinajstić information content (AvgIpc) is 2.49. The summed E-state index contributed by atoms with van der Waals surface area (Å²) in [5, 5.41) is 3.27. The highest BCUT2D eigenvalue weighted by atomic mass is 79.9. The van der Waals surface area contributed by atoms with E-state index in [0.29, 0.717) is 17.4 Å². The minimum absolute atomic E-state index is 0.608. The molecule has 6 heteroatoms. The zero-order valence-electron chi connectivity index (χ0n) is 12.6. The number of hydrogen-bond acceptors (Lipinski definition) is 5. The van der Waals surface area contributed by atoms with E-state index in [1.807, 2.05) is 24.3 Å². The van der Waals surface area contributed by atoms with Crippen molar-refractivity contribution in [1.82, 2.24) is 9.97 Å². The molecule has 1 aromatic carbocycles. The van der Waals surface area contributed by atoms with Gasteiger partial charge in [0.15, 0.2) is 11.6 Å². The zero-order chi connectivity index (χ0) is 15.5. The Morgan fingerprint density at radius 3 is 3.00 bits per heavy atom. The molecule has 0 radical (unpaired) electrons. The SMILES string of the molecule is CC1CCCN(c2ncnc(Nc3cccc(Br)c3)c2N)C1.